The van der Waals surface area contributed by atoms with E-state index >= 15 is 0 Å². The quantitative estimate of drug-likeness (QED) is 0.903. The minimum Gasteiger partial charge on any atom is -0.492 e. The molecule has 1 fully saturated rings. The molecule has 0 radical (unpaired) electrons. The monoisotopic (exact) mass is 288 g/mol. The average Bonchev–Trinajstić information content (AvgIpc) is 2.54. The Bertz CT molecular complexity index is 517. The van der Waals surface area contributed by atoms with Crippen LogP contribution in [-0.4, -0.2) is 36.5 Å². The van der Waals surface area contributed by atoms with E-state index in [0.717, 1.165) is 43.7 Å². The van der Waals surface area contributed by atoms with Crippen LogP contribution >= 0.6 is 0 Å². The molecule has 2 aliphatic rings. The first-order chi connectivity index (χ1) is 10.2. The number of piperidine rings is 1. The van der Waals surface area contributed by atoms with Crippen LogP contribution < -0.4 is 10.5 Å². The molecular formula is C17H24N2O2. The zero-order chi connectivity index (χ0) is 14.8. The van der Waals surface area contributed by atoms with Crippen molar-refractivity contribution in [2.24, 2.45) is 17.6 Å². The van der Waals surface area contributed by atoms with Crippen molar-refractivity contribution < 1.29 is 9.53 Å². The normalized spacial score (nSPS) is 28.7. The van der Waals surface area contributed by atoms with Crippen molar-refractivity contribution in [2.45, 2.75) is 32.2 Å². The van der Waals surface area contributed by atoms with Gasteiger partial charge in [-0.15, -0.1) is 0 Å². The Labute approximate surface area is 126 Å². The van der Waals surface area contributed by atoms with Crippen molar-refractivity contribution in [1.29, 1.82) is 0 Å². The van der Waals surface area contributed by atoms with E-state index in [9.17, 15) is 4.79 Å². The van der Waals surface area contributed by atoms with Gasteiger partial charge in [-0.3, -0.25) is 4.79 Å². The van der Waals surface area contributed by atoms with Crippen LogP contribution in [-0.2, 0) is 11.2 Å². The summed E-state index contributed by atoms with van der Waals surface area (Å²) in [5.41, 5.74) is 7.27. The highest BCUT2D eigenvalue weighted by Gasteiger charge is 2.33. The lowest BCUT2D eigenvalue weighted by atomic mass is 9.89. The molecule has 4 heteroatoms. The lowest BCUT2D eigenvalue weighted by Crippen LogP contribution is -2.51. The number of carbonyl (C=O) groups excluding carboxylic acids is 1. The summed E-state index contributed by atoms with van der Waals surface area (Å²) < 4.78 is 5.75. The van der Waals surface area contributed by atoms with Gasteiger partial charge in [0.25, 0.3) is 0 Å². The summed E-state index contributed by atoms with van der Waals surface area (Å²) in [7, 11) is 0. The lowest BCUT2D eigenvalue weighted by Gasteiger charge is -2.38. The fourth-order valence-corrected chi connectivity index (χ4v) is 3.43. The second-order valence-electron chi connectivity index (χ2n) is 6.22. The Morgan fingerprint density at radius 2 is 2.24 bits per heavy atom. The van der Waals surface area contributed by atoms with Gasteiger partial charge in [-0.2, -0.15) is 0 Å². The SMILES string of the molecule is CCC1CN(C(=O)C2COc3ccccc3C2)CCC1N. The molecule has 1 saturated heterocycles. The van der Waals surface area contributed by atoms with Crippen molar-refractivity contribution in [2.75, 3.05) is 19.7 Å². The molecule has 4 nitrogen and oxygen atoms in total. The van der Waals surface area contributed by atoms with Crippen LogP contribution in [0.15, 0.2) is 24.3 Å². The summed E-state index contributed by atoms with van der Waals surface area (Å²) >= 11 is 0. The van der Waals surface area contributed by atoms with Crippen LogP contribution in [0.1, 0.15) is 25.3 Å². The number of hydrogen-bond donors (Lipinski definition) is 1. The topological polar surface area (TPSA) is 55.6 Å². The molecule has 0 aliphatic carbocycles. The second-order valence-corrected chi connectivity index (χ2v) is 6.22. The number of benzene rings is 1. The van der Waals surface area contributed by atoms with Crippen LogP contribution in [0.5, 0.6) is 5.75 Å². The molecule has 1 aromatic rings. The number of nitrogens with two attached hydrogens (primary N) is 1. The molecule has 2 heterocycles. The fraction of sp³-hybridized carbons (Fsp3) is 0.588. The van der Waals surface area contributed by atoms with Crippen molar-refractivity contribution in [3.8, 4) is 5.75 Å². The molecule has 0 bridgehead atoms. The Hall–Kier alpha value is -1.55. The number of hydrogen-bond acceptors (Lipinski definition) is 3. The summed E-state index contributed by atoms with van der Waals surface area (Å²) in [6.45, 7) is 4.23. The zero-order valence-corrected chi connectivity index (χ0v) is 12.6. The molecule has 1 aromatic carbocycles. The van der Waals surface area contributed by atoms with Crippen LogP contribution in [0.3, 0.4) is 0 Å². The number of carbonyl (C=O) groups is 1. The maximum atomic E-state index is 12.7. The molecule has 1 amide bonds. The molecule has 3 rings (SSSR count). The Balaban J connectivity index is 1.67. The van der Waals surface area contributed by atoms with Gasteiger partial charge in [0, 0.05) is 19.1 Å². The maximum Gasteiger partial charge on any atom is 0.229 e. The molecule has 3 atom stereocenters. The summed E-state index contributed by atoms with van der Waals surface area (Å²) in [6.07, 6.45) is 2.73. The van der Waals surface area contributed by atoms with Crippen molar-refractivity contribution in [3.63, 3.8) is 0 Å². The van der Waals surface area contributed by atoms with Gasteiger partial charge in [-0.25, -0.2) is 0 Å². The Morgan fingerprint density at radius 3 is 3.05 bits per heavy atom. The molecule has 2 N–H and O–H groups in total. The van der Waals surface area contributed by atoms with Crippen LogP contribution in [0.25, 0.3) is 0 Å². The largest absolute Gasteiger partial charge is 0.492 e. The molecule has 0 aromatic heterocycles. The number of nitrogens with zero attached hydrogens (tertiary/aromatic N) is 1. The third-order valence-electron chi connectivity index (χ3n) is 4.86. The first-order valence-corrected chi connectivity index (χ1v) is 7.94. The van der Waals surface area contributed by atoms with Gasteiger partial charge in [-0.1, -0.05) is 31.5 Å². The fourth-order valence-electron chi connectivity index (χ4n) is 3.43. The maximum absolute atomic E-state index is 12.7. The van der Waals surface area contributed by atoms with Gasteiger partial charge in [0.05, 0.1) is 5.92 Å². The molecule has 0 spiro atoms. The van der Waals surface area contributed by atoms with Crippen molar-refractivity contribution in [1.82, 2.24) is 4.90 Å². The van der Waals surface area contributed by atoms with E-state index in [-0.39, 0.29) is 17.9 Å². The van der Waals surface area contributed by atoms with E-state index < -0.39 is 0 Å². The summed E-state index contributed by atoms with van der Waals surface area (Å²) in [5.74, 6) is 1.54. The predicted octanol–water partition coefficient (Wildman–Crippen LogP) is 1.82. The minimum absolute atomic E-state index is 0.0493. The van der Waals surface area contributed by atoms with Gasteiger partial charge in [-0.05, 0) is 30.4 Å². The van der Waals surface area contributed by atoms with Gasteiger partial charge in [0.15, 0.2) is 0 Å². The van der Waals surface area contributed by atoms with Crippen molar-refractivity contribution >= 4 is 5.91 Å². The highest BCUT2D eigenvalue weighted by molar-refractivity contribution is 5.80. The standard InChI is InChI=1S/C17H24N2O2/c1-2-12-10-19(8-7-15(12)18)17(20)14-9-13-5-3-4-6-16(13)21-11-14/h3-6,12,14-15H,2,7-11,18H2,1H3. The molecular weight excluding hydrogens is 264 g/mol. The third kappa shape index (κ3) is 2.91. The zero-order valence-electron chi connectivity index (χ0n) is 12.6. The van der Waals surface area contributed by atoms with E-state index in [0.29, 0.717) is 12.5 Å². The number of fused-ring (bicyclic) bond motifs is 1. The first-order valence-electron chi connectivity index (χ1n) is 7.94. The first kappa shape index (κ1) is 14.4. The number of amides is 1. The summed E-state index contributed by atoms with van der Waals surface area (Å²) in [5, 5.41) is 0. The molecule has 0 saturated carbocycles. The average molecular weight is 288 g/mol. The van der Waals surface area contributed by atoms with E-state index in [1.165, 1.54) is 0 Å². The van der Waals surface area contributed by atoms with E-state index in [4.69, 9.17) is 10.5 Å². The Kier molecular flexibility index (Phi) is 4.15. The van der Waals surface area contributed by atoms with Crippen LogP contribution in [0, 0.1) is 11.8 Å². The summed E-state index contributed by atoms with van der Waals surface area (Å²) in [4.78, 5) is 14.7. The smallest absolute Gasteiger partial charge is 0.229 e. The van der Waals surface area contributed by atoms with Crippen LogP contribution in [0.2, 0.25) is 0 Å². The molecule has 21 heavy (non-hydrogen) atoms. The summed E-state index contributed by atoms with van der Waals surface area (Å²) in [6, 6.07) is 8.24. The number of likely N-dealkylation sites (tertiary alicyclic amines) is 1. The minimum atomic E-state index is -0.0493. The van der Waals surface area contributed by atoms with Gasteiger partial charge in [0.1, 0.15) is 12.4 Å². The molecule has 2 aliphatic heterocycles. The van der Waals surface area contributed by atoms with Gasteiger partial charge in [0.2, 0.25) is 5.91 Å². The number of rotatable bonds is 2. The predicted molar refractivity (Wildman–Crippen MR) is 82.1 cm³/mol. The van der Waals surface area contributed by atoms with E-state index in [2.05, 4.69) is 13.0 Å². The van der Waals surface area contributed by atoms with Gasteiger partial charge < -0.3 is 15.4 Å². The van der Waals surface area contributed by atoms with E-state index in [1.54, 1.807) is 0 Å². The molecule has 3 unspecified atom stereocenters. The second kappa shape index (κ2) is 6.06. The number of para-hydroxylation sites is 1. The van der Waals surface area contributed by atoms with Gasteiger partial charge >= 0.3 is 0 Å². The van der Waals surface area contributed by atoms with Crippen molar-refractivity contribution in [3.05, 3.63) is 29.8 Å². The molecule has 114 valence electrons. The lowest BCUT2D eigenvalue weighted by molar-refractivity contribution is -0.139. The Morgan fingerprint density at radius 1 is 1.43 bits per heavy atom. The third-order valence-corrected chi connectivity index (χ3v) is 4.86. The highest BCUT2D eigenvalue weighted by Crippen LogP contribution is 2.29. The highest BCUT2D eigenvalue weighted by atomic mass is 16.5. The number of ether oxygens (including phenoxy) is 1. The van der Waals surface area contributed by atoms with Crippen LogP contribution in [0.4, 0.5) is 0 Å². The van der Waals surface area contributed by atoms with E-state index in [1.807, 2.05) is 23.1 Å².